The quantitative estimate of drug-likeness (QED) is 0.531. The van der Waals surface area contributed by atoms with E-state index in [9.17, 15) is 9.59 Å². The molecule has 1 N–H and O–H groups in total. The number of hydrogen-bond acceptors (Lipinski definition) is 2. The van der Waals surface area contributed by atoms with Gasteiger partial charge in [0, 0.05) is 12.1 Å². The van der Waals surface area contributed by atoms with Gasteiger partial charge in [-0.1, -0.05) is 5.92 Å². The van der Waals surface area contributed by atoms with E-state index in [0.717, 1.165) is 10.7 Å². The molecule has 0 fully saturated rings. The molecule has 56 valence electrons. The summed E-state index contributed by atoms with van der Waals surface area (Å²) in [4.78, 5) is 21.5. The van der Waals surface area contributed by atoms with E-state index in [0.29, 0.717) is 0 Å². The Balaban J connectivity index is 3.26. The van der Waals surface area contributed by atoms with Crippen LogP contribution in [-0.2, 0) is 6.54 Å². The second kappa shape index (κ2) is 2.88. The van der Waals surface area contributed by atoms with Gasteiger partial charge in [0.25, 0.3) is 11.1 Å². The van der Waals surface area contributed by atoms with Gasteiger partial charge in [0.05, 0.1) is 0 Å². The first-order valence-electron chi connectivity index (χ1n) is 2.97. The minimum absolute atomic E-state index is 0.0922. The molecule has 0 atom stereocenters. The highest BCUT2D eigenvalue weighted by atomic mass is 16.1. The molecular weight excluding hydrogens is 144 g/mol. The maximum atomic E-state index is 10.9. The van der Waals surface area contributed by atoms with Gasteiger partial charge in [-0.25, -0.2) is 4.68 Å². The highest BCUT2D eigenvalue weighted by Gasteiger charge is 1.91. The zero-order chi connectivity index (χ0) is 8.27. The smallest absolute Gasteiger partial charge is 0.266 e. The summed E-state index contributed by atoms with van der Waals surface area (Å²) in [5.41, 5.74) is -0.637. The van der Waals surface area contributed by atoms with Crippen LogP contribution in [0.5, 0.6) is 0 Å². The molecule has 0 amide bonds. The molecule has 0 aromatic carbocycles. The number of aromatic nitrogens is 2. The van der Waals surface area contributed by atoms with Crippen LogP contribution in [0.1, 0.15) is 0 Å². The van der Waals surface area contributed by atoms with E-state index in [1.807, 2.05) is 0 Å². The number of terminal acetylenes is 1. The fraction of sp³-hybridized carbons (Fsp3) is 0.143. The Bertz CT molecular complexity index is 394. The molecule has 0 aliphatic carbocycles. The number of H-pyrrole nitrogens is 1. The van der Waals surface area contributed by atoms with Gasteiger partial charge in [-0.05, 0) is 0 Å². The summed E-state index contributed by atoms with van der Waals surface area (Å²) in [6, 6.07) is 2.34. The summed E-state index contributed by atoms with van der Waals surface area (Å²) in [6.45, 7) is 0.0922. The molecule has 1 aromatic rings. The van der Waals surface area contributed by atoms with Gasteiger partial charge in [0.2, 0.25) is 0 Å². The van der Waals surface area contributed by atoms with Crippen LogP contribution in [-0.4, -0.2) is 9.78 Å². The second-order valence-electron chi connectivity index (χ2n) is 1.94. The fourth-order valence-electron chi connectivity index (χ4n) is 0.671. The van der Waals surface area contributed by atoms with Crippen molar-refractivity contribution in [3.8, 4) is 12.3 Å². The Labute approximate surface area is 62.5 Å². The van der Waals surface area contributed by atoms with E-state index >= 15 is 0 Å². The Morgan fingerprint density at radius 3 is 2.91 bits per heavy atom. The molecule has 0 unspecified atom stereocenters. The van der Waals surface area contributed by atoms with Crippen LogP contribution >= 0.6 is 0 Å². The number of hydrogen-bond donors (Lipinski definition) is 1. The molecule has 4 nitrogen and oxygen atoms in total. The molecule has 0 aliphatic rings. The molecule has 1 rings (SSSR count). The molecular formula is C7H6N2O2. The van der Waals surface area contributed by atoms with E-state index in [2.05, 4.69) is 11.0 Å². The monoisotopic (exact) mass is 150 g/mol. The molecule has 0 radical (unpaired) electrons. The maximum absolute atomic E-state index is 10.9. The SMILES string of the molecule is C#CCn1[nH]c(=O)ccc1=O. The van der Waals surface area contributed by atoms with Gasteiger partial charge in [-0.15, -0.1) is 6.42 Å². The molecule has 1 aromatic heterocycles. The van der Waals surface area contributed by atoms with Crippen molar-refractivity contribution in [1.29, 1.82) is 0 Å². The number of aromatic amines is 1. The van der Waals surface area contributed by atoms with Crippen LogP contribution < -0.4 is 11.1 Å². The normalized spacial score (nSPS) is 9.00. The fourth-order valence-corrected chi connectivity index (χ4v) is 0.671. The Kier molecular flexibility index (Phi) is 1.93. The largest absolute Gasteiger partial charge is 0.268 e. The highest BCUT2D eigenvalue weighted by Crippen LogP contribution is 1.67. The van der Waals surface area contributed by atoms with E-state index in [4.69, 9.17) is 6.42 Å². The average molecular weight is 150 g/mol. The molecule has 0 spiro atoms. The van der Waals surface area contributed by atoms with Crippen LogP contribution in [0.2, 0.25) is 0 Å². The molecule has 0 bridgehead atoms. The van der Waals surface area contributed by atoms with Crippen molar-refractivity contribution in [2.75, 3.05) is 0 Å². The van der Waals surface area contributed by atoms with Gasteiger partial charge in [0.15, 0.2) is 0 Å². The molecule has 1 heterocycles. The summed E-state index contributed by atoms with van der Waals surface area (Å²) in [5, 5.41) is 2.28. The van der Waals surface area contributed by atoms with Crippen LogP contribution in [0.4, 0.5) is 0 Å². The van der Waals surface area contributed by atoms with Crippen molar-refractivity contribution in [3.63, 3.8) is 0 Å². The molecule has 0 aliphatic heterocycles. The maximum Gasteiger partial charge on any atom is 0.266 e. The van der Waals surface area contributed by atoms with Crippen molar-refractivity contribution < 1.29 is 0 Å². The van der Waals surface area contributed by atoms with Crippen molar-refractivity contribution in [3.05, 3.63) is 32.8 Å². The van der Waals surface area contributed by atoms with Gasteiger partial charge >= 0.3 is 0 Å². The van der Waals surface area contributed by atoms with Crippen LogP contribution in [0.25, 0.3) is 0 Å². The van der Waals surface area contributed by atoms with Gasteiger partial charge < -0.3 is 0 Å². The predicted octanol–water partition coefficient (Wildman–Crippen LogP) is -0.830. The highest BCUT2D eigenvalue weighted by molar-refractivity contribution is 4.90. The minimum Gasteiger partial charge on any atom is -0.268 e. The lowest BCUT2D eigenvalue weighted by Crippen LogP contribution is -2.27. The average Bonchev–Trinajstić information content (AvgIpc) is 1.98. The summed E-state index contributed by atoms with van der Waals surface area (Å²) >= 11 is 0. The zero-order valence-electron chi connectivity index (χ0n) is 5.70. The van der Waals surface area contributed by atoms with E-state index in [1.165, 1.54) is 6.07 Å². The molecule has 0 saturated carbocycles. The number of nitrogens with zero attached hydrogens (tertiary/aromatic N) is 1. The zero-order valence-corrected chi connectivity index (χ0v) is 5.70. The summed E-state index contributed by atoms with van der Waals surface area (Å²) in [7, 11) is 0. The number of rotatable bonds is 1. The third kappa shape index (κ3) is 1.58. The first-order valence-corrected chi connectivity index (χ1v) is 2.97. The summed E-state index contributed by atoms with van der Waals surface area (Å²) < 4.78 is 1.07. The van der Waals surface area contributed by atoms with Gasteiger partial charge in [0.1, 0.15) is 6.54 Å². The van der Waals surface area contributed by atoms with E-state index < -0.39 is 0 Å². The summed E-state index contributed by atoms with van der Waals surface area (Å²) in [6.07, 6.45) is 4.95. The van der Waals surface area contributed by atoms with Gasteiger partial charge in [-0.3, -0.25) is 14.7 Å². The van der Waals surface area contributed by atoms with Crippen molar-refractivity contribution in [1.82, 2.24) is 9.78 Å². The molecule has 4 heteroatoms. The van der Waals surface area contributed by atoms with Crippen molar-refractivity contribution >= 4 is 0 Å². The Morgan fingerprint density at radius 1 is 1.55 bits per heavy atom. The molecule has 11 heavy (non-hydrogen) atoms. The Morgan fingerprint density at radius 2 is 2.27 bits per heavy atom. The van der Waals surface area contributed by atoms with Crippen LogP contribution in [0, 0.1) is 12.3 Å². The van der Waals surface area contributed by atoms with Crippen LogP contribution in [0.3, 0.4) is 0 Å². The van der Waals surface area contributed by atoms with E-state index in [-0.39, 0.29) is 17.7 Å². The van der Waals surface area contributed by atoms with E-state index in [1.54, 1.807) is 0 Å². The van der Waals surface area contributed by atoms with Gasteiger partial charge in [-0.2, -0.15) is 0 Å². The third-order valence-electron chi connectivity index (χ3n) is 1.14. The Hall–Kier alpha value is -1.76. The first-order chi connectivity index (χ1) is 5.24. The predicted molar refractivity (Wildman–Crippen MR) is 40.2 cm³/mol. The second-order valence-corrected chi connectivity index (χ2v) is 1.94. The van der Waals surface area contributed by atoms with Crippen molar-refractivity contribution in [2.45, 2.75) is 6.54 Å². The lowest BCUT2D eigenvalue weighted by atomic mass is 10.5. The molecule has 0 saturated heterocycles. The van der Waals surface area contributed by atoms with Crippen LogP contribution in [0.15, 0.2) is 21.7 Å². The number of nitrogens with one attached hydrogen (secondary N) is 1. The lowest BCUT2D eigenvalue weighted by molar-refractivity contribution is 0.650. The summed E-state index contributed by atoms with van der Waals surface area (Å²) in [5.74, 6) is 2.24. The topological polar surface area (TPSA) is 54.9 Å². The van der Waals surface area contributed by atoms with Crippen molar-refractivity contribution in [2.24, 2.45) is 0 Å². The lowest BCUT2D eigenvalue weighted by Gasteiger charge is -1.96. The standard InChI is InChI=1S/C7H6N2O2/c1-2-5-9-7(11)4-3-6(10)8-9/h1,3-4H,5H2,(H,8,10). The first kappa shape index (κ1) is 7.35. The minimum atomic E-state index is -0.333. The third-order valence-corrected chi connectivity index (χ3v) is 1.14.